The second kappa shape index (κ2) is 2.92. The predicted molar refractivity (Wildman–Crippen MR) is 38.6 cm³/mol. The number of piperazine rings is 1. The van der Waals surface area contributed by atoms with Crippen molar-refractivity contribution < 1.29 is 9.59 Å². The molecular weight excluding hydrogens is 152 g/mol. The van der Waals surface area contributed by atoms with E-state index in [4.69, 9.17) is 0 Å². The average Bonchev–Trinajstić information content (AvgIpc) is 1.95. The fraction of sp³-hybridized carbons (Fsp3) is 0.600. The molecule has 0 atom stereocenters. The predicted octanol–water partition coefficient (Wildman–Crippen LogP) is -1.17. The highest BCUT2D eigenvalue weighted by molar-refractivity contribution is 7.80. The molecule has 56 valence electrons. The van der Waals surface area contributed by atoms with Crippen molar-refractivity contribution in [1.82, 2.24) is 10.2 Å². The van der Waals surface area contributed by atoms with Gasteiger partial charge in [-0.3, -0.25) is 9.59 Å². The lowest BCUT2D eigenvalue weighted by Gasteiger charge is -2.23. The number of rotatable bonds is 1. The molecule has 0 aromatic heterocycles. The lowest BCUT2D eigenvalue weighted by molar-refractivity contribution is -0.147. The molecule has 0 bridgehead atoms. The Morgan fingerprint density at radius 3 is 2.80 bits per heavy atom. The topological polar surface area (TPSA) is 49.4 Å². The molecule has 0 aromatic rings. The number of thiol groups is 1. The SMILES string of the molecule is O=C1NCCN(CS)C1=O. The van der Waals surface area contributed by atoms with Gasteiger partial charge < -0.3 is 10.2 Å². The van der Waals surface area contributed by atoms with Gasteiger partial charge in [0.2, 0.25) is 0 Å². The molecule has 1 saturated heterocycles. The van der Waals surface area contributed by atoms with E-state index >= 15 is 0 Å². The van der Waals surface area contributed by atoms with E-state index in [2.05, 4.69) is 17.9 Å². The molecule has 1 heterocycles. The van der Waals surface area contributed by atoms with Crippen LogP contribution in [0.3, 0.4) is 0 Å². The maximum absolute atomic E-state index is 10.8. The second-order valence-electron chi connectivity index (χ2n) is 1.97. The summed E-state index contributed by atoms with van der Waals surface area (Å²) in [5.41, 5.74) is 0. The minimum Gasteiger partial charge on any atom is -0.346 e. The molecule has 10 heavy (non-hydrogen) atoms. The van der Waals surface area contributed by atoms with Crippen molar-refractivity contribution in [3.63, 3.8) is 0 Å². The number of carbonyl (C=O) groups excluding carboxylic acids is 2. The molecule has 1 fully saturated rings. The van der Waals surface area contributed by atoms with Gasteiger partial charge in [0.15, 0.2) is 0 Å². The molecular formula is C5H8N2O2S. The molecule has 1 N–H and O–H groups in total. The van der Waals surface area contributed by atoms with Crippen molar-refractivity contribution in [3.05, 3.63) is 0 Å². The van der Waals surface area contributed by atoms with Gasteiger partial charge in [0.1, 0.15) is 0 Å². The minimum atomic E-state index is -0.527. The largest absolute Gasteiger partial charge is 0.346 e. The Kier molecular flexibility index (Phi) is 2.16. The quantitative estimate of drug-likeness (QED) is 0.375. The third-order valence-corrected chi connectivity index (χ3v) is 1.66. The Morgan fingerprint density at radius 1 is 1.60 bits per heavy atom. The first kappa shape index (κ1) is 7.40. The van der Waals surface area contributed by atoms with Crippen molar-refractivity contribution in [1.29, 1.82) is 0 Å². The van der Waals surface area contributed by atoms with Gasteiger partial charge in [-0.25, -0.2) is 0 Å². The summed E-state index contributed by atoms with van der Waals surface area (Å²) in [6.07, 6.45) is 0. The van der Waals surface area contributed by atoms with Gasteiger partial charge in [-0.1, -0.05) is 0 Å². The molecule has 1 rings (SSSR count). The van der Waals surface area contributed by atoms with E-state index in [0.717, 1.165) is 0 Å². The highest BCUT2D eigenvalue weighted by atomic mass is 32.1. The van der Waals surface area contributed by atoms with Crippen molar-refractivity contribution >= 4 is 24.4 Å². The molecule has 0 aliphatic carbocycles. The van der Waals surface area contributed by atoms with Gasteiger partial charge in [-0.05, 0) is 0 Å². The number of hydrogen-bond acceptors (Lipinski definition) is 3. The fourth-order valence-electron chi connectivity index (χ4n) is 0.760. The fourth-order valence-corrected chi connectivity index (χ4v) is 1.03. The van der Waals surface area contributed by atoms with E-state index in [1.54, 1.807) is 0 Å². The zero-order valence-corrected chi connectivity index (χ0v) is 6.23. The molecule has 0 spiro atoms. The Labute approximate surface area is 64.0 Å². The van der Waals surface area contributed by atoms with Crippen LogP contribution in [0.2, 0.25) is 0 Å². The third-order valence-electron chi connectivity index (χ3n) is 1.32. The first-order chi connectivity index (χ1) is 4.75. The molecule has 0 unspecified atom stereocenters. The van der Waals surface area contributed by atoms with Crippen LogP contribution < -0.4 is 5.32 Å². The first-order valence-electron chi connectivity index (χ1n) is 2.93. The highest BCUT2D eigenvalue weighted by Gasteiger charge is 2.24. The number of nitrogens with zero attached hydrogens (tertiary/aromatic N) is 1. The van der Waals surface area contributed by atoms with Gasteiger partial charge in [0.05, 0.1) is 5.88 Å². The zero-order valence-electron chi connectivity index (χ0n) is 5.33. The lowest BCUT2D eigenvalue weighted by Crippen LogP contribution is -2.51. The molecule has 1 aliphatic heterocycles. The highest BCUT2D eigenvalue weighted by Crippen LogP contribution is 1.95. The normalized spacial score (nSPS) is 19.1. The van der Waals surface area contributed by atoms with Crippen LogP contribution in [0, 0.1) is 0 Å². The van der Waals surface area contributed by atoms with Crippen molar-refractivity contribution in [2.75, 3.05) is 19.0 Å². The van der Waals surface area contributed by atoms with Gasteiger partial charge in [-0.2, -0.15) is 12.6 Å². The maximum Gasteiger partial charge on any atom is 0.312 e. The summed E-state index contributed by atoms with van der Waals surface area (Å²) in [7, 11) is 0. The van der Waals surface area contributed by atoms with E-state index in [0.29, 0.717) is 19.0 Å². The third kappa shape index (κ3) is 1.23. The van der Waals surface area contributed by atoms with Gasteiger partial charge in [-0.15, -0.1) is 0 Å². The van der Waals surface area contributed by atoms with E-state index in [1.165, 1.54) is 4.90 Å². The maximum atomic E-state index is 10.8. The Morgan fingerprint density at radius 2 is 2.30 bits per heavy atom. The van der Waals surface area contributed by atoms with Gasteiger partial charge in [0, 0.05) is 13.1 Å². The monoisotopic (exact) mass is 160 g/mol. The molecule has 0 radical (unpaired) electrons. The molecule has 1 aliphatic rings. The molecule has 5 heteroatoms. The van der Waals surface area contributed by atoms with E-state index in [-0.39, 0.29) is 0 Å². The van der Waals surface area contributed by atoms with E-state index in [1.807, 2.05) is 0 Å². The molecule has 4 nitrogen and oxygen atoms in total. The standard InChI is InChI=1S/C5H8N2O2S/c8-4-5(9)7(3-10)2-1-6-4/h10H,1-3H2,(H,6,8). The van der Waals surface area contributed by atoms with Crippen molar-refractivity contribution in [2.45, 2.75) is 0 Å². The van der Waals surface area contributed by atoms with E-state index < -0.39 is 11.8 Å². The van der Waals surface area contributed by atoms with Crippen molar-refractivity contribution in [2.24, 2.45) is 0 Å². The van der Waals surface area contributed by atoms with Crippen LogP contribution in [0.15, 0.2) is 0 Å². The Bertz CT molecular complexity index is 171. The number of amides is 2. The molecule has 0 saturated carbocycles. The van der Waals surface area contributed by atoms with Crippen LogP contribution in [0.25, 0.3) is 0 Å². The van der Waals surface area contributed by atoms with Crippen LogP contribution in [0.5, 0.6) is 0 Å². The first-order valence-corrected chi connectivity index (χ1v) is 3.57. The van der Waals surface area contributed by atoms with Crippen molar-refractivity contribution in [3.8, 4) is 0 Å². The molecule has 2 amide bonds. The van der Waals surface area contributed by atoms with Crippen LogP contribution >= 0.6 is 12.6 Å². The summed E-state index contributed by atoms with van der Waals surface area (Å²) in [5.74, 6) is -0.701. The Balaban J connectivity index is 2.60. The molecule has 0 aromatic carbocycles. The number of nitrogens with one attached hydrogen (secondary N) is 1. The summed E-state index contributed by atoms with van der Waals surface area (Å²) < 4.78 is 0. The summed E-state index contributed by atoms with van der Waals surface area (Å²) in [6.45, 7) is 1.10. The van der Waals surface area contributed by atoms with Gasteiger partial charge >= 0.3 is 11.8 Å². The number of hydrogen-bond donors (Lipinski definition) is 2. The van der Waals surface area contributed by atoms with Gasteiger partial charge in [0.25, 0.3) is 0 Å². The lowest BCUT2D eigenvalue weighted by atomic mass is 10.4. The summed E-state index contributed by atoms with van der Waals surface area (Å²) in [6, 6.07) is 0. The van der Waals surface area contributed by atoms with E-state index in [9.17, 15) is 9.59 Å². The summed E-state index contributed by atoms with van der Waals surface area (Å²) in [4.78, 5) is 22.8. The summed E-state index contributed by atoms with van der Waals surface area (Å²) in [5, 5.41) is 2.43. The average molecular weight is 160 g/mol. The number of carbonyl (C=O) groups is 2. The van der Waals surface area contributed by atoms with Crippen LogP contribution in [0.1, 0.15) is 0 Å². The van der Waals surface area contributed by atoms with Crippen LogP contribution in [-0.2, 0) is 9.59 Å². The summed E-state index contributed by atoms with van der Waals surface area (Å²) >= 11 is 3.89. The Hall–Kier alpha value is -0.710. The van der Waals surface area contributed by atoms with Crippen LogP contribution in [0.4, 0.5) is 0 Å². The minimum absolute atomic E-state index is 0.312. The zero-order chi connectivity index (χ0) is 7.56. The van der Waals surface area contributed by atoms with Crippen LogP contribution in [-0.4, -0.2) is 35.7 Å². The smallest absolute Gasteiger partial charge is 0.312 e. The second-order valence-corrected chi connectivity index (χ2v) is 2.25.